The molecule has 0 aromatic rings. The fourth-order valence-electron chi connectivity index (χ4n) is 2.38. The van der Waals surface area contributed by atoms with Gasteiger partial charge in [-0.05, 0) is 51.2 Å². The Bertz CT molecular complexity index is 168. The van der Waals surface area contributed by atoms with E-state index in [2.05, 4.69) is 31.0 Å². The molecule has 1 fully saturated rings. The van der Waals surface area contributed by atoms with Gasteiger partial charge in [-0.1, -0.05) is 27.2 Å². The fourth-order valence-corrected chi connectivity index (χ4v) is 2.38. The van der Waals surface area contributed by atoms with Gasteiger partial charge in [-0.3, -0.25) is 0 Å². The maximum Gasteiger partial charge on any atom is 0.0195 e. The molecule has 0 saturated carbocycles. The van der Waals surface area contributed by atoms with Gasteiger partial charge in [-0.25, -0.2) is 0 Å². The summed E-state index contributed by atoms with van der Waals surface area (Å²) in [4.78, 5) is 2.64. The fraction of sp³-hybridized carbons (Fsp3) is 1.00. The Kier molecular flexibility index (Phi) is 7.06. The highest BCUT2D eigenvalue weighted by molar-refractivity contribution is 4.78. The van der Waals surface area contributed by atoms with Crippen LogP contribution in [0.25, 0.3) is 0 Å². The largest absolute Gasteiger partial charge is 0.313 e. The third-order valence-electron chi connectivity index (χ3n) is 3.49. The van der Waals surface area contributed by atoms with Gasteiger partial charge in [0.1, 0.15) is 0 Å². The first-order valence-electron chi connectivity index (χ1n) is 7.18. The SMILES string of the molecule is CCCCN1CCCC(NCCC(C)C)C1. The lowest BCUT2D eigenvalue weighted by atomic mass is 10.0. The monoisotopic (exact) mass is 226 g/mol. The summed E-state index contributed by atoms with van der Waals surface area (Å²) in [6.07, 6.45) is 6.75. The van der Waals surface area contributed by atoms with Crippen LogP contribution in [-0.2, 0) is 0 Å². The van der Waals surface area contributed by atoms with Gasteiger partial charge in [-0.15, -0.1) is 0 Å². The quantitative estimate of drug-likeness (QED) is 0.718. The zero-order valence-electron chi connectivity index (χ0n) is 11.5. The van der Waals surface area contributed by atoms with Crippen molar-refractivity contribution in [3.05, 3.63) is 0 Å². The summed E-state index contributed by atoms with van der Waals surface area (Å²) in [7, 11) is 0. The molecule has 2 nitrogen and oxygen atoms in total. The number of nitrogens with zero attached hydrogens (tertiary/aromatic N) is 1. The molecule has 0 radical (unpaired) electrons. The molecule has 1 rings (SSSR count). The second kappa shape index (κ2) is 8.08. The van der Waals surface area contributed by atoms with Crippen LogP contribution >= 0.6 is 0 Å². The van der Waals surface area contributed by atoms with E-state index < -0.39 is 0 Å². The normalized spacial score (nSPS) is 22.9. The molecule has 0 bridgehead atoms. The van der Waals surface area contributed by atoms with Gasteiger partial charge < -0.3 is 10.2 Å². The van der Waals surface area contributed by atoms with Crippen molar-refractivity contribution >= 4 is 0 Å². The minimum atomic E-state index is 0.754. The Morgan fingerprint density at radius 1 is 1.38 bits per heavy atom. The number of piperidine rings is 1. The van der Waals surface area contributed by atoms with E-state index >= 15 is 0 Å². The zero-order chi connectivity index (χ0) is 11.8. The van der Waals surface area contributed by atoms with Gasteiger partial charge in [0.2, 0.25) is 0 Å². The number of hydrogen-bond acceptors (Lipinski definition) is 2. The summed E-state index contributed by atoms with van der Waals surface area (Å²) in [5.41, 5.74) is 0. The van der Waals surface area contributed by atoms with E-state index in [0.717, 1.165) is 12.0 Å². The van der Waals surface area contributed by atoms with Gasteiger partial charge in [0.15, 0.2) is 0 Å². The maximum atomic E-state index is 3.72. The molecule has 1 heterocycles. The molecule has 1 aliphatic rings. The molecule has 1 N–H and O–H groups in total. The molecule has 1 atom stereocenters. The first-order valence-corrected chi connectivity index (χ1v) is 7.18. The second-order valence-electron chi connectivity index (χ2n) is 5.63. The summed E-state index contributed by atoms with van der Waals surface area (Å²) >= 11 is 0. The Labute approximate surface area is 102 Å². The topological polar surface area (TPSA) is 15.3 Å². The molecule has 0 aromatic heterocycles. The van der Waals surface area contributed by atoms with Gasteiger partial charge in [0.05, 0.1) is 0 Å². The van der Waals surface area contributed by atoms with Gasteiger partial charge in [0, 0.05) is 12.6 Å². The Morgan fingerprint density at radius 3 is 2.88 bits per heavy atom. The summed E-state index contributed by atoms with van der Waals surface area (Å²) in [6.45, 7) is 12.0. The van der Waals surface area contributed by atoms with Crippen LogP contribution in [0.1, 0.15) is 52.9 Å². The summed E-state index contributed by atoms with van der Waals surface area (Å²) < 4.78 is 0. The van der Waals surface area contributed by atoms with Crippen molar-refractivity contribution in [2.75, 3.05) is 26.2 Å². The standard InChI is InChI=1S/C14H30N2/c1-4-5-10-16-11-6-7-14(12-16)15-9-8-13(2)3/h13-15H,4-12H2,1-3H3. The summed E-state index contributed by atoms with van der Waals surface area (Å²) in [6, 6.07) is 0.754. The van der Waals surface area contributed by atoms with Crippen LogP contribution in [0.2, 0.25) is 0 Å². The van der Waals surface area contributed by atoms with Crippen LogP contribution < -0.4 is 5.32 Å². The summed E-state index contributed by atoms with van der Waals surface area (Å²) in [5.74, 6) is 0.826. The average molecular weight is 226 g/mol. The van der Waals surface area contributed by atoms with E-state index in [-0.39, 0.29) is 0 Å². The van der Waals surface area contributed by atoms with E-state index in [1.54, 1.807) is 0 Å². The van der Waals surface area contributed by atoms with Gasteiger partial charge >= 0.3 is 0 Å². The Balaban J connectivity index is 2.12. The van der Waals surface area contributed by atoms with Crippen LogP contribution in [0.15, 0.2) is 0 Å². The van der Waals surface area contributed by atoms with E-state index in [9.17, 15) is 0 Å². The molecule has 1 saturated heterocycles. The van der Waals surface area contributed by atoms with Crippen LogP contribution in [0.3, 0.4) is 0 Å². The third kappa shape index (κ3) is 5.86. The van der Waals surface area contributed by atoms with E-state index in [1.807, 2.05) is 0 Å². The van der Waals surface area contributed by atoms with E-state index in [1.165, 1.54) is 58.3 Å². The molecule has 0 spiro atoms. The molecule has 0 amide bonds. The van der Waals surface area contributed by atoms with Crippen LogP contribution in [0.5, 0.6) is 0 Å². The molecular formula is C14H30N2. The number of hydrogen-bond donors (Lipinski definition) is 1. The predicted octanol–water partition coefficient (Wildman–Crippen LogP) is 2.89. The second-order valence-corrected chi connectivity index (χ2v) is 5.63. The molecular weight excluding hydrogens is 196 g/mol. The highest BCUT2D eigenvalue weighted by Crippen LogP contribution is 2.11. The van der Waals surface area contributed by atoms with Gasteiger partial charge in [-0.2, -0.15) is 0 Å². The molecule has 1 unspecified atom stereocenters. The lowest BCUT2D eigenvalue weighted by Gasteiger charge is -2.33. The molecule has 96 valence electrons. The Morgan fingerprint density at radius 2 is 2.19 bits per heavy atom. The van der Waals surface area contributed by atoms with Crippen molar-refractivity contribution in [2.45, 2.75) is 58.9 Å². The third-order valence-corrected chi connectivity index (χ3v) is 3.49. The smallest absolute Gasteiger partial charge is 0.0195 e. The van der Waals surface area contributed by atoms with Crippen LogP contribution in [-0.4, -0.2) is 37.1 Å². The van der Waals surface area contributed by atoms with E-state index in [0.29, 0.717) is 0 Å². The first-order chi connectivity index (χ1) is 7.72. The first kappa shape index (κ1) is 14.0. The highest BCUT2D eigenvalue weighted by Gasteiger charge is 2.18. The Hall–Kier alpha value is -0.0800. The van der Waals surface area contributed by atoms with Gasteiger partial charge in [0.25, 0.3) is 0 Å². The van der Waals surface area contributed by atoms with Crippen molar-refractivity contribution in [3.63, 3.8) is 0 Å². The number of rotatable bonds is 7. The van der Waals surface area contributed by atoms with Crippen LogP contribution in [0.4, 0.5) is 0 Å². The zero-order valence-corrected chi connectivity index (χ0v) is 11.5. The van der Waals surface area contributed by atoms with Crippen molar-refractivity contribution in [2.24, 2.45) is 5.92 Å². The van der Waals surface area contributed by atoms with Crippen molar-refractivity contribution in [1.29, 1.82) is 0 Å². The number of unbranched alkanes of at least 4 members (excludes halogenated alkanes) is 1. The van der Waals surface area contributed by atoms with Crippen LogP contribution in [0, 0.1) is 5.92 Å². The molecule has 1 aliphatic heterocycles. The molecule has 0 aliphatic carbocycles. The minimum Gasteiger partial charge on any atom is -0.313 e. The van der Waals surface area contributed by atoms with Crippen molar-refractivity contribution < 1.29 is 0 Å². The molecule has 2 heteroatoms. The number of nitrogens with one attached hydrogen (secondary N) is 1. The van der Waals surface area contributed by atoms with Crippen molar-refractivity contribution in [3.8, 4) is 0 Å². The summed E-state index contributed by atoms with van der Waals surface area (Å²) in [5, 5.41) is 3.72. The van der Waals surface area contributed by atoms with E-state index in [4.69, 9.17) is 0 Å². The lowest BCUT2D eigenvalue weighted by Crippen LogP contribution is -2.46. The number of likely N-dealkylation sites (tertiary alicyclic amines) is 1. The average Bonchev–Trinajstić information content (AvgIpc) is 2.26. The maximum absolute atomic E-state index is 3.72. The lowest BCUT2D eigenvalue weighted by molar-refractivity contribution is 0.187. The van der Waals surface area contributed by atoms with Crippen molar-refractivity contribution in [1.82, 2.24) is 10.2 Å². The minimum absolute atomic E-state index is 0.754. The highest BCUT2D eigenvalue weighted by atomic mass is 15.2. The molecule has 16 heavy (non-hydrogen) atoms. The predicted molar refractivity (Wildman–Crippen MR) is 71.8 cm³/mol. The molecule has 0 aromatic carbocycles.